The van der Waals surface area contributed by atoms with Crippen LogP contribution < -0.4 is 5.32 Å². The summed E-state index contributed by atoms with van der Waals surface area (Å²) in [6.45, 7) is 7.72. The molecule has 1 aliphatic carbocycles. The number of ketones is 1. The van der Waals surface area contributed by atoms with E-state index in [4.69, 9.17) is 0 Å². The molecular weight excluding hydrogens is 250 g/mol. The molecule has 4 nitrogen and oxygen atoms in total. The largest absolute Gasteiger partial charge is 0.367 e. The van der Waals surface area contributed by atoms with Crippen LogP contribution >= 0.6 is 0 Å². The lowest BCUT2D eigenvalue weighted by Gasteiger charge is -2.29. The number of aromatic nitrogens is 2. The molecule has 0 aromatic carbocycles. The normalized spacial score (nSPS) is 22.6. The Kier molecular flexibility index (Phi) is 4.73. The van der Waals surface area contributed by atoms with Crippen molar-refractivity contribution in [2.75, 3.05) is 5.32 Å². The van der Waals surface area contributed by atoms with Gasteiger partial charge in [-0.3, -0.25) is 0 Å². The number of nitrogens with one attached hydrogen (secondary N) is 1. The molecule has 1 heterocycles. The standard InChI is InChI=1S/C16H25N3O/c1-10(20)9-14-5-7-15(8-6-14)19-16-11(2)12(3)17-13(4)18-16/h14-15H,5-9H2,1-4H3,(H,17,18,19). The second-order valence-corrected chi connectivity index (χ2v) is 6.10. The fraction of sp³-hybridized carbons (Fsp3) is 0.688. The summed E-state index contributed by atoms with van der Waals surface area (Å²) in [5.74, 6) is 2.70. The van der Waals surface area contributed by atoms with Crippen LogP contribution in [-0.2, 0) is 4.79 Å². The van der Waals surface area contributed by atoms with Crippen molar-refractivity contribution in [2.24, 2.45) is 5.92 Å². The number of Topliss-reactive ketones (excluding diaryl/α,β-unsaturated/α-hetero) is 1. The van der Waals surface area contributed by atoms with Crippen molar-refractivity contribution >= 4 is 11.6 Å². The molecule has 1 aromatic heterocycles. The highest BCUT2D eigenvalue weighted by molar-refractivity contribution is 5.75. The van der Waals surface area contributed by atoms with Gasteiger partial charge in [0.2, 0.25) is 0 Å². The molecule has 0 spiro atoms. The Hall–Kier alpha value is -1.45. The monoisotopic (exact) mass is 275 g/mol. The Labute approximate surface area is 121 Å². The predicted molar refractivity (Wildman–Crippen MR) is 80.9 cm³/mol. The second-order valence-electron chi connectivity index (χ2n) is 6.10. The maximum absolute atomic E-state index is 11.2. The van der Waals surface area contributed by atoms with Gasteiger partial charge in [-0.1, -0.05) is 0 Å². The molecular formula is C16H25N3O. The highest BCUT2D eigenvalue weighted by Crippen LogP contribution is 2.29. The minimum absolute atomic E-state index is 0.319. The summed E-state index contributed by atoms with van der Waals surface area (Å²) in [6, 6.07) is 0.477. The lowest BCUT2D eigenvalue weighted by atomic mass is 9.83. The first-order valence-electron chi connectivity index (χ1n) is 7.53. The lowest BCUT2D eigenvalue weighted by Crippen LogP contribution is -2.27. The van der Waals surface area contributed by atoms with E-state index in [1.807, 2.05) is 13.8 Å². The van der Waals surface area contributed by atoms with Crippen molar-refractivity contribution in [3.63, 3.8) is 0 Å². The first kappa shape index (κ1) is 14.9. The van der Waals surface area contributed by atoms with E-state index < -0.39 is 0 Å². The molecule has 4 heteroatoms. The van der Waals surface area contributed by atoms with Crippen LogP contribution in [-0.4, -0.2) is 21.8 Å². The van der Waals surface area contributed by atoms with Crippen molar-refractivity contribution in [3.05, 3.63) is 17.1 Å². The molecule has 1 fully saturated rings. The van der Waals surface area contributed by atoms with E-state index in [1.165, 1.54) is 0 Å². The van der Waals surface area contributed by atoms with Gasteiger partial charge in [0.05, 0.1) is 0 Å². The summed E-state index contributed by atoms with van der Waals surface area (Å²) in [4.78, 5) is 20.1. The van der Waals surface area contributed by atoms with Gasteiger partial charge < -0.3 is 10.1 Å². The Morgan fingerprint density at radius 3 is 2.40 bits per heavy atom. The van der Waals surface area contributed by atoms with E-state index in [9.17, 15) is 4.79 Å². The van der Waals surface area contributed by atoms with Crippen molar-refractivity contribution in [1.82, 2.24) is 9.97 Å². The molecule has 2 rings (SSSR count). The summed E-state index contributed by atoms with van der Waals surface area (Å²) in [7, 11) is 0. The number of rotatable bonds is 4. The zero-order valence-electron chi connectivity index (χ0n) is 13.0. The molecule has 0 saturated heterocycles. The molecule has 0 amide bonds. The Morgan fingerprint density at radius 2 is 1.80 bits per heavy atom. The maximum atomic E-state index is 11.2. The zero-order valence-corrected chi connectivity index (χ0v) is 13.0. The molecule has 1 aromatic rings. The van der Waals surface area contributed by atoms with E-state index in [1.54, 1.807) is 6.92 Å². The number of aryl methyl sites for hydroxylation is 2. The molecule has 0 bridgehead atoms. The summed E-state index contributed by atoms with van der Waals surface area (Å²) in [5.41, 5.74) is 2.19. The Balaban J connectivity index is 1.94. The Bertz CT molecular complexity index is 491. The minimum atomic E-state index is 0.319. The van der Waals surface area contributed by atoms with E-state index in [0.29, 0.717) is 17.7 Å². The zero-order chi connectivity index (χ0) is 14.7. The van der Waals surface area contributed by atoms with Gasteiger partial charge in [-0.2, -0.15) is 0 Å². The van der Waals surface area contributed by atoms with Crippen LogP contribution in [0.1, 0.15) is 56.1 Å². The molecule has 110 valence electrons. The van der Waals surface area contributed by atoms with Gasteiger partial charge in [0, 0.05) is 23.7 Å². The predicted octanol–water partition coefficient (Wildman–Crippen LogP) is 3.35. The van der Waals surface area contributed by atoms with Gasteiger partial charge in [0.15, 0.2) is 0 Å². The van der Waals surface area contributed by atoms with E-state index in [2.05, 4.69) is 22.2 Å². The van der Waals surface area contributed by atoms with Crippen molar-refractivity contribution in [1.29, 1.82) is 0 Å². The van der Waals surface area contributed by atoms with Crippen LogP contribution in [0, 0.1) is 26.7 Å². The van der Waals surface area contributed by atoms with Gasteiger partial charge in [-0.15, -0.1) is 0 Å². The molecule has 20 heavy (non-hydrogen) atoms. The number of carbonyl (C=O) groups excluding carboxylic acids is 1. The fourth-order valence-electron chi connectivity index (χ4n) is 3.02. The first-order valence-corrected chi connectivity index (χ1v) is 7.53. The van der Waals surface area contributed by atoms with Crippen molar-refractivity contribution < 1.29 is 4.79 Å². The summed E-state index contributed by atoms with van der Waals surface area (Å²) in [5, 5.41) is 3.57. The third kappa shape index (κ3) is 3.78. The number of nitrogens with zero attached hydrogens (tertiary/aromatic N) is 2. The third-order valence-electron chi connectivity index (χ3n) is 4.26. The minimum Gasteiger partial charge on any atom is -0.367 e. The van der Waals surface area contributed by atoms with Crippen LogP contribution in [0.2, 0.25) is 0 Å². The molecule has 0 unspecified atom stereocenters. The molecule has 0 atom stereocenters. The van der Waals surface area contributed by atoms with Crippen LogP contribution in [0.25, 0.3) is 0 Å². The molecule has 1 N–H and O–H groups in total. The summed E-state index contributed by atoms with van der Waals surface area (Å²) in [6.07, 6.45) is 5.27. The third-order valence-corrected chi connectivity index (χ3v) is 4.26. The van der Waals surface area contributed by atoms with E-state index in [0.717, 1.165) is 55.0 Å². The highest BCUT2D eigenvalue weighted by atomic mass is 16.1. The maximum Gasteiger partial charge on any atom is 0.133 e. The topological polar surface area (TPSA) is 54.9 Å². The van der Waals surface area contributed by atoms with Crippen LogP contribution in [0.5, 0.6) is 0 Å². The van der Waals surface area contributed by atoms with Crippen molar-refractivity contribution in [3.8, 4) is 0 Å². The van der Waals surface area contributed by atoms with Gasteiger partial charge >= 0.3 is 0 Å². The highest BCUT2D eigenvalue weighted by Gasteiger charge is 2.22. The van der Waals surface area contributed by atoms with Gasteiger partial charge in [-0.25, -0.2) is 9.97 Å². The SMILES string of the molecule is CC(=O)CC1CCC(Nc2nc(C)nc(C)c2C)CC1. The van der Waals surface area contributed by atoms with Gasteiger partial charge in [0.1, 0.15) is 17.4 Å². The molecule has 0 aliphatic heterocycles. The smallest absolute Gasteiger partial charge is 0.133 e. The van der Waals surface area contributed by atoms with Crippen molar-refractivity contribution in [2.45, 2.75) is 65.8 Å². The first-order chi connectivity index (χ1) is 9.45. The second kappa shape index (κ2) is 6.33. The van der Waals surface area contributed by atoms with E-state index in [-0.39, 0.29) is 0 Å². The summed E-state index contributed by atoms with van der Waals surface area (Å²) < 4.78 is 0. The average molecular weight is 275 g/mol. The van der Waals surface area contributed by atoms with Crippen LogP contribution in [0.4, 0.5) is 5.82 Å². The number of anilines is 1. The number of hydrogen-bond donors (Lipinski definition) is 1. The fourth-order valence-corrected chi connectivity index (χ4v) is 3.02. The average Bonchev–Trinajstić information content (AvgIpc) is 2.37. The van der Waals surface area contributed by atoms with E-state index >= 15 is 0 Å². The van der Waals surface area contributed by atoms with Crippen LogP contribution in [0.3, 0.4) is 0 Å². The van der Waals surface area contributed by atoms with Crippen LogP contribution in [0.15, 0.2) is 0 Å². The number of carbonyl (C=O) groups is 1. The lowest BCUT2D eigenvalue weighted by molar-refractivity contribution is -0.118. The summed E-state index contributed by atoms with van der Waals surface area (Å²) >= 11 is 0. The quantitative estimate of drug-likeness (QED) is 0.915. The molecule has 0 radical (unpaired) electrons. The molecule has 1 aliphatic rings. The molecule has 1 saturated carbocycles. The Morgan fingerprint density at radius 1 is 1.15 bits per heavy atom. The number of hydrogen-bond acceptors (Lipinski definition) is 4. The van der Waals surface area contributed by atoms with Gasteiger partial charge in [0.25, 0.3) is 0 Å². The van der Waals surface area contributed by atoms with Gasteiger partial charge in [-0.05, 0) is 59.3 Å².